The lowest BCUT2D eigenvalue weighted by Gasteiger charge is -2.48. The Kier molecular flexibility index (Phi) is 2.95. The third kappa shape index (κ3) is 1.83. The van der Waals surface area contributed by atoms with Crippen molar-refractivity contribution >= 4 is 15.9 Å². The molecule has 0 N–H and O–H groups in total. The normalized spacial score (nSPS) is 27.3. The van der Waals surface area contributed by atoms with E-state index in [4.69, 9.17) is 4.74 Å². The lowest BCUT2D eigenvalue weighted by Crippen LogP contribution is -2.53. The van der Waals surface area contributed by atoms with Crippen molar-refractivity contribution in [1.82, 2.24) is 0 Å². The van der Waals surface area contributed by atoms with Crippen molar-refractivity contribution in [2.75, 3.05) is 0 Å². The maximum absolute atomic E-state index is 13.3. The van der Waals surface area contributed by atoms with Gasteiger partial charge in [0.05, 0.1) is 0 Å². The summed E-state index contributed by atoms with van der Waals surface area (Å²) in [5.74, 6) is -1.55. The molecule has 1 fully saturated rings. The molecule has 1 aliphatic carbocycles. The van der Waals surface area contributed by atoms with Crippen LogP contribution in [-0.4, -0.2) is 10.9 Å². The zero-order chi connectivity index (χ0) is 11.9. The summed E-state index contributed by atoms with van der Waals surface area (Å²) in [7, 11) is 0. The van der Waals surface area contributed by atoms with Gasteiger partial charge in [-0.2, -0.15) is 0 Å². The summed E-state index contributed by atoms with van der Waals surface area (Å²) in [5, 5.41) is 0. The molecule has 16 heavy (non-hydrogen) atoms. The minimum Gasteiger partial charge on any atom is -0.484 e. The largest absolute Gasteiger partial charge is 0.484 e. The van der Waals surface area contributed by atoms with Crippen molar-refractivity contribution in [3.63, 3.8) is 0 Å². The quantitative estimate of drug-likeness (QED) is 0.751. The fourth-order valence-electron chi connectivity index (χ4n) is 1.77. The fraction of sp³-hybridized carbons (Fsp3) is 0.500. The zero-order valence-electron chi connectivity index (χ0n) is 9.14. The van der Waals surface area contributed by atoms with Gasteiger partial charge in [0.2, 0.25) is 0 Å². The first-order chi connectivity index (χ1) is 7.43. The Morgan fingerprint density at radius 2 is 1.88 bits per heavy atom. The van der Waals surface area contributed by atoms with E-state index in [1.807, 2.05) is 13.8 Å². The van der Waals surface area contributed by atoms with E-state index in [2.05, 4.69) is 15.9 Å². The molecule has 1 aliphatic rings. The summed E-state index contributed by atoms with van der Waals surface area (Å²) < 4.78 is 32.1. The van der Waals surface area contributed by atoms with Gasteiger partial charge in [-0.1, -0.05) is 35.8 Å². The number of hydrogen-bond acceptors (Lipinski definition) is 1. The highest BCUT2D eigenvalue weighted by atomic mass is 79.9. The van der Waals surface area contributed by atoms with Crippen molar-refractivity contribution in [3.05, 3.63) is 29.8 Å². The lowest BCUT2D eigenvalue weighted by molar-refractivity contribution is -0.0127. The molecule has 2 rings (SSSR count). The van der Waals surface area contributed by atoms with E-state index in [-0.39, 0.29) is 17.3 Å². The Hall–Kier alpha value is -0.640. The molecule has 0 saturated heterocycles. The van der Waals surface area contributed by atoms with Crippen LogP contribution in [-0.2, 0) is 0 Å². The van der Waals surface area contributed by atoms with Crippen LogP contribution >= 0.6 is 15.9 Å². The van der Waals surface area contributed by atoms with E-state index in [0.29, 0.717) is 4.83 Å². The Labute approximate surface area is 102 Å². The van der Waals surface area contributed by atoms with Crippen molar-refractivity contribution < 1.29 is 13.5 Å². The topological polar surface area (TPSA) is 9.23 Å². The van der Waals surface area contributed by atoms with Crippen LogP contribution in [0.25, 0.3) is 0 Å². The smallest absolute Gasteiger partial charge is 0.191 e. The average molecular weight is 291 g/mol. The first-order valence-electron chi connectivity index (χ1n) is 5.17. The molecule has 2 unspecified atom stereocenters. The minimum absolute atomic E-state index is 0.102. The number of rotatable bonds is 2. The van der Waals surface area contributed by atoms with Crippen molar-refractivity contribution in [3.8, 4) is 5.75 Å². The molecule has 0 amide bonds. The van der Waals surface area contributed by atoms with Gasteiger partial charge in [0, 0.05) is 10.2 Å². The van der Waals surface area contributed by atoms with Crippen LogP contribution in [0.3, 0.4) is 0 Å². The van der Waals surface area contributed by atoms with Gasteiger partial charge < -0.3 is 4.74 Å². The predicted molar refractivity (Wildman–Crippen MR) is 61.9 cm³/mol. The number of ether oxygens (including phenoxy) is 1. The molecule has 0 radical (unpaired) electrons. The van der Waals surface area contributed by atoms with Crippen molar-refractivity contribution in [1.29, 1.82) is 0 Å². The van der Waals surface area contributed by atoms with Crippen molar-refractivity contribution in [2.24, 2.45) is 5.41 Å². The summed E-state index contributed by atoms with van der Waals surface area (Å²) in [4.78, 5) is 0.333. The third-order valence-electron chi connectivity index (χ3n) is 3.24. The standard InChI is InChI=1S/C12H13BrF2O/c1-12(2)9(13)6-10(12)16-11-7(14)4-3-5-8(11)15/h3-5,9-10H,6H2,1-2H3. The maximum atomic E-state index is 13.3. The summed E-state index contributed by atoms with van der Waals surface area (Å²) in [6.45, 7) is 4.03. The van der Waals surface area contributed by atoms with E-state index in [0.717, 1.165) is 6.42 Å². The van der Waals surface area contributed by atoms with Gasteiger partial charge in [-0.3, -0.25) is 0 Å². The molecule has 0 aromatic heterocycles. The third-order valence-corrected chi connectivity index (χ3v) is 4.79. The number of halogens is 3. The molecule has 1 saturated carbocycles. The number of alkyl halides is 1. The Balaban J connectivity index is 2.17. The molecule has 2 atom stereocenters. The second-order valence-electron chi connectivity index (χ2n) is 4.68. The van der Waals surface area contributed by atoms with Crippen LogP contribution < -0.4 is 4.74 Å². The highest BCUT2D eigenvalue weighted by Gasteiger charge is 2.49. The number of hydrogen-bond donors (Lipinski definition) is 0. The second-order valence-corrected chi connectivity index (χ2v) is 5.79. The molecule has 0 bridgehead atoms. The van der Waals surface area contributed by atoms with Crippen LogP contribution in [0.2, 0.25) is 0 Å². The Morgan fingerprint density at radius 1 is 1.31 bits per heavy atom. The summed E-state index contributed by atoms with van der Waals surface area (Å²) in [5.41, 5.74) is -0.102. The van der Waals surface area contributed by atoms with Gasteiger partial charge in [-0.25, -0.2) is 8.78 Å². The van der Waals surface area contributed by atoms with Crippen LogP contribution in [0.5, 0.6) is 5.75 Å². The van der Waals surface area contributed by atoms with E-state index in [1.54, 1.807) is 0 Å². The van der Waals surface area contributed by atoms with E-state index < -0.39 is 11.6 Å². The lowest BCUT2D eigenvalue weighted by atomic mass is 9.69. The second kappa shape index (κ2) is 3.99. The molecule has 0 aliphatic heterocycles. The molecular formula is C12H13BrF2O. The molecule has 88 valence electrons. The van der Waals surface area contributed by atoms with E-state index >= 15 is 0 Å². The molecule has 0 spiro atoms. The van der Waals surface area contributed by atoms with Crippen molar-refractivity contribution in [2.45, 2.75) is 31.2 Å². The van der Waals surface area contributed by atoms with Crippen LogP contribution in [0.4, 0.5) is 8.78 Å². The molecule has 1 nitrogen and oxygen atoms in total. The highest BCUT2D eigenvalue weighted by Crippen LogP contribution is 2.47. The summed E-state index contributed by atoms with van der Waals surface area (Å²) in [6, 6.07) is 3.74. The van der Waals surface area contributed by atoms with Gasteiger partial charge in [0.15, 0.2) is 17.4 Å². The monoisotopic (exact) mass is 290 g/mol. The zero-order valence-corrected chi connectivity index (χ0v) is 10.7. The number of para-hydroxylation sites is 1. The van der Waals surface area contributed by atoms with Crippen LogP contribution in [0.1, 0.15) is 20.3 Å². The van der Waals surface area contributed by atoms with Gasteiger partial charge in [0.1, 0.15) is 6.10 Å². The van der Waals surface area contributed by atoms with Gasteiger partial charge in [0.25, 0.3) is 0 Å². The number of benzene rings is 1. The predicted octanol–water partition coefficient (Wildman–Crippen LogP) is 3.91. The summed E-state index contributed by atoms with van der Waals surface area (Å²) >= 11 is 3.50. The Morgan fingerprint density at radius 3 is 2.31 bits per heavy atom. The van der Waals surface area contributed by atoms with E-state index in [1.165, 1.54) is 18.2 Å². The minimum atomic E-state index is -0.645. The van der Waals surface area contributed by atoms with E-state index in [9.17, 15) is 8.78 Å². The fourth-order valence-corrected chi connectivity index (χ4v) is 2.41. The van der Waals surface area contributed by atoms with Gasteiger partial charge in [-0.15, -0.1) is 0 Å². The SMILES string of the molecule is CC1(C)C(Br)CC1Oc1c(F)cccc1F. The van der Waals surface area contributed by atoms with Gasteiger partial charge >= 0.3 is 0 Å². The van der Waals surface area contributed by atoms with Crippen LogP contribution in [0.15, 0.2) is 18.2 Å². The molecule has 0 heterocycles. The molecular weight excluding hydrogens is 278 g/mol. The van der Waals surface area contributed by atoms with Gasteiger partial charge in [-0.05, 0) is 18.6 Å². The summed E-state index contributed by atoms with van der Waals surface area (Å²) in [6.07, 6.45) is 0.615. The average Bonchev–Trinajstić information content (AvgIpc) is 2.22. The first-order valence-corrected chi connectivity index (χ1v) is 6.09. The Bertz CT molecular complexity index is 386. The maximum Gasteiger partial charge on any atom is 0.191 e. The van der Waals surface area contributed by atoms with Crippen LogP contribution in [0, 0.1) is 17.0 Å². The highest BCUT2D eigenvalue weighted by molar-refractivity contribution is 9.09. The molecule has 1 aromatic carbocycles. The molecule has 1 aromatic rings. The molecule has 4 heteroatoms. The first kappa shape index (κ1) is 11.8.